The van der Waals surface area contributed by atoms with E-state index in [1.807, 2.05) is 18.2 Å². The molecule has 3 rings (SSSR count). The zero-order chi connectivity index (χ0) is 18.2. The van der Waals surface area contributed by atoms with Crippen LogP contribution in [0.4, 0.5) is 0 Å². The Bertz CT molecular complexity index is 674. The van der Waals surface area contributed by atoms with E-state index in [9.17, 15) is 0 Å². The maximum Gasteiger partial charge on any atom is 0.191 e. The molecule has 2 atom stereocenters. The Hall–Kier alpha value is -2.05. The number of rotatable bonds is 8. The number of hydrogen-bond acceptors (Lipinski definition) is 4. The lowest BCUT2D eigenvalue weighted by atomic mass is 10.2. The zero-order valence-corrected chi connectivity index (χ0v) is 15.7. The van der Waals surface area contributed by atoms with Crippen LogP contribution in [-0.4, -0.2) is 51.0 Å². The van der Waals surface area contributed by atoms with Crippen molar-refractivity contribution < 1.29 is 13.9 Å². The van der Waals surface area contributed by atoms with E-state index < -0.39 is 0 Å². The first-order chi connectivity index (χ1) is 12.7. The van der Waals surface area contributed by atoms with Crippen LogP contribution in [0.2, 0.25) is 0 Å². The molecule has 1 aromatic carbocycles. The number of fused-ring (bicyclic) bond motifs is 1. The smallest absolute Gasteiger partial charge is 0.191 e. The van der Waals surface area contributed by atoms with Crippen LogP contribution >= 0.6 is 0 Å². The van der Waals surface area contributed by atoms with Gasteiger partial charge in [0.05, 0.1) is 19.3 Å². The largest absolute Gasteiger partial charge is 0.461 e. The summed E-state index contributed by atoms with van der Waals surface area (Å²) in [5, 5.41) is 7.82. The number of nitrogens with one attached hydrogen (secondary N) is 2. The first-order valence-electron chi connectivity index (χ1n) is 9.46. The SMILES string of the molecule is CCNC(=NCCc1cc2ccccc2o1)NC(C)COC1CCOC1. The average molecular weight is 359 g/mol. The second-order valence-corrected chi connectivity index (χ2v) is 6.63. The lowest BCUT2D eigenvalue weighted by Gasteiger charge is -2.19. The second kappa shape index (κ2) is 9.59. The fourth-order valence-corrected chi connectivity index (χ4v) is 2.96. The standard InChI is InChI=1S/C20H29N3O3/c1-3-21-20(23-15(2)13-25-18-9-11-24-14-18)22-10-8-17-12-16-6-4-5-7-19(16)26-17/h4-7,12,15,18H,3,8-11,13-14H2,1-2H3,(H2,21,22,23). The molecule has 2 heterocycles. The molecule has 0 saturated carbocycles. The summed E-state index contributed by atoms with van der Waals surface area (Å²) in [5.74, 6) is 1.77. The maximum atomic E-state index is 5.87. The molecule has 0 bridgehead atoms. The van der Waals surface area contributed by atoms with Gasteiger partial charge in [0.25, 0.3) is 0 Å². The van der Waals surface area contributed by atoms with Crippen molar-refractivity contribution in [1.29, 1.82) is 0 Å². The van der Waals surface area contributed by atoms with Gasteiger partial charge in [-0.3, -0.25) is 4.99 Å². The Labute approximate surface area is 155 Å². The minimum absolute atomic E-state index is 0.180. The molecule has 6 heteroatoms. The second-order valence-electron chi connectivity index (χ2n) is 6.63. The molecule has 6 nitrogen and oxygen atoms in total. The van der Waals surface area contributed by atoms with Gasteiger partial charge in [-0.25, -0.2) is 0 Å². The van der Waals surface area contributed by atoms with Crippen LogP contribution in [0.5, 0.6) is 0 Å². The van der Waals surface area contributed by atoms with Gasteiger partial charge in [0.2, 0.25) is 0 Å². The van der Waals surface area contributed by atoms with Crippen LogP contribution in [0.1, 0.15) is 26.0 Å². The van der Waals surface area contributed by atoms with Gasteiger partial charge in [-0.05, 0) is 32.4 Å². The lowest BCUT2D eigenvalue weighted by molar-refractivity contribution is 0.0347. The van der Waals surface area contributed by atoms with E-state index >= 15 is 0 Å². The highest BCUT2D eigenvalue weighted by molar-refractivity contribution is 5.80. The van der Waals surface area contributed by atoms with Gasteiger partial charge in [0.1, 0.15) is 11.3 Å². The molecule has 1 saturated heterocycles. The van der Waals surface area contributed by atoms with Gasteiger partial charge in [0, 0.05) is 37.5 Å². The van der Waals surface area contributed by atoms with Crippen molar-refractivity contribution in [1.82, 2.24) is 10.6 Å². The highest BCUT2D eigenvalue weighted by atomic mass is 16.5. The number of aliphatic imine (C=N–C) groups is 1. The summed E-state index contributed by atoms with van der Waals surface area (Å²) in [6.45, 7) is 7.80. The minimum Gasteiger partial charge on any atom is -0.461 e. The molecule has 26 heavy (non-hydrogen) atoms. The summed E-state index contributed by atoms with van der Waals surface area (Å²) in [6, 6.07) is 10.3. The van der Waals surface area contributed by atoms with Crippen LogP contribution in [0.15, 0.2) is 39.7 Å². The molecule has 142 valence electrons. The van der Waals surface area contributed by atoms with Crippen LogP contribution in [-0.2, 0) is 15.9 Å². The molecule has 0 spiro atoms. The fraction of sp³-hybridized carbons (Fsp3) is 0.550. The number of hydrogen-bond donors (Lipinski definition) is 2. The normalized spacial score (nSPS) is 19.0. The Morgan fingerprint density at radius 3 is 3.04 bits per heavy atom. The predicted octanol–water partition coefficient (Wildman–Crippen LogP) is 2.72. The van der Waals surface area contributed by atoms with E-state index in [4.69, 9.17) is 13.9 Å². The Morgan fingerprint density at radius 1 is 1.38 bits per heavy atom. The summed E-state index contributed by atoms with van der Waals surface area (Å²) in [6.07, 6.45) is 1.99. The summed E-state index contributed by atoms with van der Waals surface area (Å²) in [5.41, 5.74) is 0.929. The monoisotopic (exact) mass is 359 g/mol. The van der Waals surface area contributed by atoms with Crippen molar-refractivity contribution in [2.24, 2.45) is 4.99 Å². The fourth-order valence-electron chi connectivity index (χ4n) is 2.96. The van der Waals surface area contributed by atoms with Crippen LogP contribution < -0.4 is 10.6 Å². The molecular weight excluding hydrogens is 330 g/mol. The van der Waals surface area contributed by atoms with E-state index in [2.05, 4.69) is 41.6 Å². The molecule has 0 amide bonds. The van der Waals surface area contributed by atoms with E-state index in [1.54, 1.807) is 0 Å². The molecule has 1 aliphatic rings. The number of nitrogens with zero attached hydrogens (tertiary/aromatic N) is 1. The average Bonchev–Trinajstić information content (AvgIpc) is 3.29. The van der Waals surface area contributed by atoms with Gasteiger partial charge in [-0.2, -0.15) is 0 Å². The number of furan rings is 1. The first kappa shape index (κ1) is 18.7. The van der Waals surface area contributed by atoms with Crippen LogP contribution in [0, 0.1) is 0 Å². The van der Waals surface area contributed by atoms with E-state index in [0.717, 1.165) is 48.7 Å². The quantitative estimate of drug-likeness (QED) is 0.560. The molecule has 1 aliphatic heterocycles. The van der Waals surface area contributed by atoms with Crippen LogP contribution in [0.25, 0.3) is 11.0 Å². The Kier molecular flexibility index (Phi) is 6.91. The third-order valence-corrected chi connectivity index (χ3v) is 4.30. The van der Waals surface area contributed by atoms with Gasteiger partial charge < -0.3 is 24.5 Å². The summed E-state index contributed by atoms with van der Waals surface area (Å²) in [4.78, 5) is 4.65. The molecule has 0 radical (unpaired) electrons. The Morgan fingerprint density at radius 2 is 2.27 bits per heavy atom. The summed E-state index contributed by atoms with van der Waals surface area (Å²) < 4.78 is 17.0. The van der Waals surface area contributed by atoms with Gasteiger partial charge in [-0.1, -0.05) is 18.2 Å². The zero-order valence-electron chi connectivity index (χ0n) is 15.7. The van der Waals surface area contributed by atoms with Crippen molar-refractivity contribution >= 4 is 16.9 Å². The molecule has 2 N–H and O–H groups in total. The number of guanidine groups is 1. The van der Waals surface area contributed by atoms with Crippen molar-refractivity contribution in [2.45, 2.75) is 38.8 Å². The maximum absolute atomic E-state index is 5.87. The number of ether oxygens (including phenoxy) is 2. The van der Waals surface area contributed by atoms with Gasteiger partial charge in [-0.15, -0.1) is 0 Å². The molecule has 1 aromatic heterocycles. The third-order valence-electron chi connectivity index (χ3n) is 4.30. The highest BCUT2D eigenvalue weighted by Gasteiger charge is 2.17. The molecular formula is C20H29N3O3. The minimum atomic E-state index is 0.180. The van der Waals surface area contributed by atoms with Crippen molar-refractivity contribution in [3.8, 4) is 0 Å². The summed E-state index contributed by atoms with van der Waals surface area (Å²) in [7, 11) is 0. The highest BCUT2D eigenvalue weighted by Crippen LogP contribution is 2.19. The third kappa shape index (κ3) is 5.47. The number of para-hydroxylation sites is 1. The lowest BCUT2D eigenvalue weighted by Crippen LogP contribution is -2.44. The summed E-state index contributed by atoms with van der Waals surface area (Å²) >= 11 is 0. The molecule has 2 aromatic rings. The van der Waals surface area contributed by atoms with Crippen molar-refractivity contribution in [3.05, 3.63) is 36.1 Å². The van der Waals surface area contributed by atoms with E-state index in [1.165, 1.54) is 0 Å². The Balaban J connectivity index is 1.47. The number of benzene rings is 1. The van der Waals surface area contributed by atoms with Gasteiger partial charge >= 0.3 is 0 Å². The molecule has 2 unspecified atom stereocenters. The van der Waals surface area contributed by atoms with Crippen molar-refractivity contribution in [2.75, 3.05) is 32.9 Å². The molecule has 1 fully saturated rings. The van der Waals surface area contributed by atoms with Crippen molar-refractivity contribution in [3.63, 3.8) is 0 Å². The van der Waals surface area contributed by atoms with Gasteiger partial charge in [0.15, 0.2) is 5.96 Å². The van der Waals surface area contributed by atoms with E-state index in [0.29, 0.717) is 19.8 Å². The molecule has 0 aliphatic carbocycles. The topological polar surface area (TPSA) is 68.0 Å². The van der Waals surface area contributed by atoms with E-state index in [-0.39, 0.29) is 12.1 Å². The predicted molar refractivity (Wildman–Crippen MR) is 104 cm³/mol. The first-order valence-corrected chi connectivity index (χ1v) is 9.46. The van der Waals surface area contributed by atoms with Crippen LogP contribution in [0.3, 0.4) is 0 Å².